The number of hydrogen-bond acceptors (Lipinski definition) is 4. The molecule has 1 fully saturated rings. The summed E-state index contributed by atoms with van der Waals surface area (Å²) in [4.78, 5) is 14.5. The molecule has 2 heterocycles. The summed E-state index contributed by atoms with van der Waals surface area (Å²) in [6, 6.07) is 13.9. The van der Waals surface area contributed by atoms with E-state index in [1.165, 1.54) is 5.56 Å². The molecule has 1 atom stereocenters. The van der Waals surface area contributed by atoms with Gasteiger partial charge in [-0.1, -0.05) is 23.7 Å². The van der Waals surface area contributed by atoms with Crippen LogP contribution in [0.2, 0.25) is 5.02 Å². The molecule has 4 nitrogen and oxygen atoms in total. The van der Waals surface area contributed by atoms with Crippen LogP contribution in [-0.4, -0.2) is 18.6 Å². The third-order valence-corrected chi connectivity index (χ3v) is 5.73. The Bertz CT molecular complexity index is 1040. The zero-order valence-electron chi connectivity index (χ0n) is 15.5. The minimum Gasteiger partial charge on any atom is -0.497 e. The van der Waals surface area contributed by atoms with Gasteiger partial charge in [-0.15, -0.1) is 0 Å². The van der Waals surface area contributed by atoms with Crippen molar-refractivity contribution in [2.45, 2.75) is 32.4 Å². The Balaban J connectivity index is 1.70. The number of halogens is 1. The molecule has 140 valence electrons. The molecule has 4 rings (SSSR count). The van der Waals surface area contributed by atoms with Gasteiger partial charge in [0.25, 0.3) is 0 Å². The third-order valence-electron chi connectivity index (χ3n) is 5.33. The number of nitrogens with zero attached hydrogens (tertiary/aromatic N) is 1. The van der Waals surface area contributed by atoms with Crippen LogP contribution < -0.4 is 10.4 Å². The second-order valence-corrected chi connectivity index (χ2v) is 7.50. The molecule has 0 bridgehead atoms. The van der Waals surface area contributed by atoms with Gasteiger partial charge < -0.3 is 9.15 Å². The SMILES string of the molecule is COc1cccc([C@@H]2CCCN2Cc2cc(=O)oc3cc(C)c(Cl)cc23)c1. The minimum absolute atomic E-state index is 0.309. The van der Waals surface area contributed by atoms with Gasteiger partial charge in [-0.3, -0.25) is 4.90 Å². The molecule has 1 aromatic heterocycles. The highest BCUT2D eigenvalue weighted by atomic mass is 35.5. The zero-order valence-corrected chi connectivity index (χ0v) is 16.3. The largest absolute Gasteiger partial charge is 0.497 e. The molecule has 0 N–H and O–H groups in total. The first-order valence-electron chi connectivity index (χ1n) is 9.16. The predicted molar refractivity (Wildman–Crippen MR) is 108 cm³/mol. The Kier molecular flexibility index (Phi) is 4.94. The summed E-state index contributed by atoms with van der Waals surface area (Å²) in [6.07, 6.45) is 2.22. The van der Waals surface area contributed by atoms with E-state index >= 15 is 0 Å². The van der Waals surface area contributed by atoms with Crippen molar-refractivity contribution in [3.63, 3.8) is 0 Å². The van der Waals surface area contributed by atoms with Crippen molar-refractivity contribution in [3.8, 4) is 5.75 Å². The van der Waals surface area contributed by atoms with Gasteiger partial charge >= 0.3 is 5.63 Å². The molecule has 0 unspecified atom stereocenters. The number of hydrogen-bond donors (Lipinski definition) is 0. The summed E-state index contributed by atoms with van der Waals surface area (Å²) in [5.41, 5.74) is 3.37. The summed E-state index contributed by atoms with van der Waals surface area (Å²) in [7, 11) is 1.69. The van der Waals surface area contributed by atoms with E-state index in [9.17, 15) is 4.79 Å². The monoisotopic (exact) mass is 383 g/mol. The van der Waals surface area contributed by atoms with E-state index in [1.54, 1.807) is 13.2 Å². The quantitative estimate of drug-likeness (QED) is 0.588. The lowest BCUT2D eigenvalue weighted by molar-refractivity contribution is 0.248. The molecule has 27 heavy (non-hydrogen) atoms. The maximum absolute atomic E-state index is 12.1. The number of rotatable bonds is 4. The first-order chi connectivity index (χ1) is 13.0. The van der Waals surface area contributed by atoms with E-state index in [-0.39, 0.29) is 5.63 Å². The molecule has 1 aliphatic rings. The fourth-order valence-corrected chi connectivity index (χ4v) is 4.10. The molecule has 0 saturated carbocycles. The molecule has 1 aliphatic heterocycles. The molecule has 3 aromatic rings. The van der Waals surface area contributed by atoms with E-state index in [0.29, 0.717) is 23.2 Å². The molecule has 1 saturated heterocycles. The summed E-state index contributed by atoms with van der Waals surface area (Å²) in [5.74, 6) is 0.868. The van der Waals surface area contributed by atoms with Gasteiger partial charge in [-0.25, -0.2) is 4.79 Å². The maximum atomic E-state index is 12.1. The van der Waals surface area contributed by atoms with E-state index < -0.39 is 0 Å². The van der Waals surface area contributed by atoms with Gasteiger partial charge in [0.1, 0.15) is 11.3 Å². The third kappa shape index (κ3) is 3.60. The lowest BCUT2D eigenvalue weighted by Gasteiger charge is -2.25. The number of fused-ring (bicyclic) bond motifs is 1. The highest BCUT2D eigenvalue weighted by Gasteiger charge is 2.27. The number of likely N-dealkylation sites (tertiary alicyclic amines) is 1. The van der Waals surface area contributed by atoms with Crippen LogP contribution in [0.4, 0.5) is 0 Å². The second-order valence-electron chi connectivity index (χ2n) is 7.09. The Hall–Kier alpha value is -2.30. The first kappa shape index (κ1) is 18.1. The average molecular weight is 384 g/mol. The molecular weight excluding hydrogens is 362 g/mol. The van der Waals surface area contributed by atoms with Crippen molar-refractivity contribution >= 4 is 22.6 Å². The van der Waals surface area contributed by atoms with Gasteiger partial charge in [0, 0.05) is 29.1 Å². The summed E-state index contributed by atoms with van der Waals surface area (Å²) in [6.45, 7) is 3.58. The van der Waals surface area contributed by atoms with Crippen LogP contribution in [0.15, 0.2) is 51.7 Å². The van der Waals surface area contributed by atoms with E-state index in [1.807, 2.05) is 31.2 Å². The standard InChI is InChI=1S/C22H22ClNO3/c1-14-9-21-18(12-19(14)23)16(11-22(25)27-21)13-24-8-4-7-20(24)15-5-3-6-17(10-15)26-2/h3,5-6,9-12,20H,4,7-8,13H2,1-2H3/t20-/m0/s1. The van der Waals surface area contributed by atoms with E-state index in [2.05, 4.69) is 17.0 Å². The van der Waals surface area contributed by atoms with Gasteiger partial charge in [0.2, 0.25) is 0 Å². The zero-order chi connectivity index (χ0) is 19.0. The van der Waals surface area contributed by atoms with Crippen LogP contribution in [0.25, 0.3) is 11.0 Å². The number of aryl methyl sites for hydroxylation is 1. The Labute approximate surface area is 163 Å². The molecule has 0 spiro atoms. The van der Waals surface area contributed by atoms with Crippen LogP contribution in [0.3, 0.4) is 0 Å². The van der Waals surface area contributed by atoms with E-state index in [0.717, 1.165) is 41.6 Å². The van der Waals surface area contributed by atoms with Gasteiger partial charge in [-0.2, -0.15) is 0 Å². The van der Waals surface area contributed by atoms with Crippen molar-refractivity contribution in [1.82, 2.24) is 4.90 Å². The normalized spacial score (nSPS) is 17.5. The lowest BCUT2D eigenvalue weighted by atomic mass is 10.0. The number of ether oxygens (including phenoxy) is 1. The van der Waals surface area contributed by atoms with Crippen LogP contribution in [0.1, 0.15) is 35.6 Å². The average Bonchev–Trinajstić information content (AvgIpc) is 3.11. The highest BCUT2D eigenvalue weighted by molar-refractivity contribution is 6.32. The van der Waals surface area contributed by atoms with Gasteiger partial charge in [0.15, 0.2) is 0 Å². The summed E-state index contributed by atoms with van der Waals surface area (Å²) in [5, 5.41) is 1.59. The summed E-state index contributed by atoms with van der Waals surface area (Å²) >= 11 is 6.33. The smallest absolute Gasteiger partial charge is 0.336 e. The maximum Gasteiger partial charge on any atom is 0.336 e. The Morgan fingerprint density at radius 1 is 1.26 bits per heavy atom. The van der Waals surface area contributed by atoms with Crippen LogP contribution in [0.5, 0.6) is 5.75 Å². The fraction of sp³-hybridized carbons (Fsp3) is 0.318. The van der Waals surface area contributed by atoms with Crippen LogP contribution in [-0.2, 0) is 6.54 Å². The Morgan fingerprint density at radius 2 is 2.11 bits per heavy atom. The molecule has 0 radical (unpaired) electrons. The van der Waals surface area contributed by atoms with Crippen molar-refractivity contribution in [2.75, 3.05) is 13.7 Å². The predicted octanol–water partition coefficient (Wildman–Crippen LogP) is 5.10. The van der Waals surface area contributed by atoms with Gasteiger partial charge in [-0.05, 0) is 67.3 Å². The number of methoxy groups -OCH3 is 1. The number of benzene rings is 2. The molecule has 2 aromatic carbocycles. The Morgan fingerprint density at radius 3 is 2.93 bits per heavy atom. The first-order valence-corrected chi connectivity index (χ1v) is 9.54. The van der Waals surface area contributed by atoms with E-state index in [4.69, 9.17) is 20.8 Å². The highest BCUT2D eigenvalue weighted by Crippen LogP contribution is 2.35. The van der Waals surface area contributed by atoms with Crippen molar-refractivity contribution in [2.24, 2.45) is 0 Å². The minimum atomic E-state index is -0.323. The van der Waals surface area contributed by atoms with Crippen molar-refractivity contribution in [3.05, 3.63) is 74.6 Å². The molecule has 5 heteroatoms. The fourth-order valence-electron chi connectivity index (χ4n) is 3.94. The lowest BCUT2D eigenvalue weighted by Crippen LogP contribution is -2.23. The second kappa shape index (κ2) is 7.37. The van der Waals surface area contributed by atoms with Crippen LogP contribution in [0, 0.1) is 6.92 Å². The van der Waals surface area contributed by atoms with Gasteiger partial charge in [0.05, 0.1) is 7.11 Å². The molecular formula is C22H22ClNO3. The topological polar surface area (TPSA) is 42.7 Å². The van der Waals surface area contributed by atoms with Crippen molar-refractivity contribution < 1.29 is 9.15 Å². The molecule has 0 aliphatic carbocycles. The summed E-state index contributed by atoms with van der Waals surface area (Å²) < 4.78 is 10.8. The molecule has 0 amide bonds. The van der Waals surface area contributed by atoms with Crippen molar-refractivity contribution in [1.29, 1.82) is 0 Å². The van der Waals surface area contributed by atoms with Crippen LogP contribution >= 0.6 is 11.6 Å².